The van der Waals surface area contributed by atoms with Gasteiger partial charge in [0.2, 0.25) is 0 Å². The standard InChI is InChI=1S/C17H18BrN3O3/c18-14-8-4-3-7-13(14)17(23)24-11-16(22)20-15-9-10-19-21(15)12-5-1-2-6-12/h3-4,7-10,12H,1-2,5-6,11H2,(H,20,22). The van der Waals surface area contributed by atoms with Gasteiger partial charge in [-0.2, -0.15) is 5.10 Å². The number of esters is 1. The first kappa shape index (κ1) is 16.7. The van der Waals surface area contributed by atoms with Crippen molar-refractivity contribution in [2.45, 2.75) is 31.7 Å². The number of aromatic nitrogens is 2. The van der Waals surface area contributed by atoms with Crippen molar-refractivity contribution >= 4 is 33.6 Å². The van der Waals surface area contributed by atoms with E-state index in [9.17, 15) is 9.59 Å². The molecule has 1 aromatic heterocycles. The molecule has 1 aromatic carbocycles. The summed E-state index contributed by atoms with van der Waals surface area (Å²) >= 11 is 3.29. The molecular formula is C17H18BrN3O3. The number of benzene rings is 1. The SMILES string of the molecule is O=C(COC(=O)c1ccccc1Br)Nc1ccnn1C1CCCC1. The van der Waals surface area contributed by atoms with Crippen LogP contribution in [-0.2, 0) is 9.53 Å². The second kappa shape index (κ2) is 7.61. The van der Waals surface area contributed by atoms with Crippen molar-refractivity contribution in [3.8, 4) is 0 Å². The van der Waals surface area contributed by atoms with Gasteiger partial charge in [0.1, 0.15) is 5.82 Å². The van der Waals surface area contributed by atoms with E-state index in [1.165, 1.54) is 12.8 Å². The van der Waals surface area contributed by atoms with E-state index in [-0.39, 0.29) is 12.5 Å². The van der Waals surface area contributed by atoms with E-state index in [0.29, 0.717) is 21.9 Å². The Kier molecular flexibility index (Phi) is 5.30. The maximum absolute atomic E-state index is 12.1. The molecule has 1 heterocycles. The molecule has 1 aliphatic rings. The minimum atomic E-state index is -0.540. The fourth-order valence-corrected chi connectivity index (χ4v) is 3.31. The van der Waals surface area contributed by atoms with Gasteiger partial charge in [-0.1, -0.05) is 25.0 Å². The first-order chi connectivity index (χ1) is 11.6. The molecule has 0 unspecified atom stereocenters. The van der Waals surface area contributed by atoms with Crippen molar-refractivity contribution in [2.75, 3.05) is 11.9 Å². The van der Waals surface area contributed by atoms with E-state index >= 15 is 0 Å². The van der Waals surface area contributed by atoms with Crippen LogP contribution in [0.1, 0.15) is 42.1 Å². The molecule has 0 aliphatic heterocycles. The Balaban J connectivity index is 1.56. The number of halogens is 1. The molecule has 1 fully saturated rings. The molecule has 24 heavy (non-hydrogen) atoms. The average molecular weight is 392 g/mol. The Morgan fingerprint density at radius 3 is 2.75 bits per heavy atom. The summed E-state index contributed by atoms with van der Waals surface area (Å²) < 4.78 is 7.56. The third-order valence-electron chi connectivity index (χ3n) is 4.04. The van der Waals surface area contributed by atoms with Gasteiger partial charge < -0.3 is 10.1 Å². The third kappa shape index (κ3) is 3.84. The number of nitrogens with one attached hydrogen (secondary N) is 1. The molecule has 3 rings (SSSR count). The van der Waals surface area contributed by atoms with E-state index < -0.39 is 5.97 Å². The molecule has 1 N–H and O–H groups in total. The van der Waals surface area contributed by atoms with Gasteiger partial charge in [0.05, 0.1) is 17.8 Å². The lowest BCUT2D eigenvalue weighted by atomic mass is 10.2. The van der Waals surface area contributed by atoms with Gasteiger partial charge in [0.15, 0.2) is 6.61 Å². The topological polar surface area (TPSA) is 73.2 Å². The lowest BCUT2D eigenvalue weighted by Crippen LogP contribution is -2.23. The maximum Gasteiger partial charge on any atom is 0.339 e. The number of hydrogen-bond acceptors (Lipinski definition) is 4. The number of rotatable bonds is 5. The lowest BCUT2D eigenvalue weighted by molar-refractivity contribution is -0.119. The molecule has 1 aliphatic carbocycles. The fraction of sp³-hybridized carbons (Fsp3) is 0.353. The molecule has 7 heteroatoms. The smallest absolute Gasteiger partial charge is 0.339 e. The Morgan fingerprint density at radius 1 is 1.25 bits per heavy atom. The molecule has 1 amide bonds. The minimum absolute atomic E-state index is 0.332. The summed E-state index contributed by atoms with van der Waals surface area (Å²) in [4.78, 5) is 24.1. The van der Waals surface area contributed by atoms with Crippen molar-refractivity contribution in [1.82, 2.24) is 9.78 Å². The van der Waals surface area contributed by atoms with E-state index in [4.69, 9.17) is 4.74 Å². The highest BCUT2D eigenvalue weighted by Crippen LogP contribution is 2.31. The van der Waals surface area contributed by atoms with Gasteiger partial charge in [0, 0.05) is 10.5 Å². The van der Waals surface area contributed by atoms with Crippen LogP contribution >= 0.6 is 15.9 Å². The molecule has 0 bridgehead atoms. The van der Waals surface area contributed by atoms with Crippen LogP contribution in [0.5, 0.6) is 0 Å². The van der Waals surface area contributed by atoms with Gasteiger partial charge in [0.25, 0.3) is 5.91 Å². The summed E-state index contributed by atoms with van der Waals surface area (Å²) in [5.41, 5.74) is 0.390. The van der Waals surface area contributed by atoms with E-state index in [1.54, 1.807) is 36.5 Å². The second-order valence-electron chi connectivity index (χ2n) is 5.70. The van der Waals surface area contributed by atoms with Crippen LogP contribution in [0.4, 0.5) is 5.82 Å². The quantitative estimate of drug-likeness (QED) is 0.790. The number of anilines is 1. The van der Waals surface area contributed by atoms with E-state index in [0.717, 1.165) is 12.8 Å². The summed E-state index contributed by atoms with van der Waals surface area (Å²) in [6.07, 6.45) is 6.17. The van der Waals surface area contributed by atoms with Crippen LogP contribution in [0.15, 0.2) is 41.0 Å². The van der Waals surface area contributed by atoms with Gasteiger partial charge >= 0.3 is 5.97 Å². The molecule has 1 saturated carbocycles. The molecule has 0 atom stereocenters. The number of amides is 1. The second-order valence-corrected chi connectivity index (χ2v) is 6.56. The predicted molar refractivity (Wildman–Crippen MR) is 92.8 cm³/mol. The van der Waals surface area contributed by atoms with Crippen molar-refractivity contribution in [2.24, 2.45) is 0 Å². The van der Waals surface area contributed by atoms with Crippen LogP contribution < -0.4 is 5.32 Å². The number of nitrogens with zero attached hydrogens (tertiary/aromatic N) is 2. The summed E-state index contributed by atoms with van der Waals surface area (Å²) in [5.74, 6) is -0.277. The van der Waals surface area contributed by atoms with Crippen molar-refractivity contribution in [1.29, 1.82) is 0 Å². The summed E-state index contributed by atoms with van der Waals surface area (Å²) in [7, 11) is 0. The normalized spacial score (nSPS) is 14.5. The van der Waals surface area contributed by atoms with Crippen LogP contribution in [-0.4, -0.2) is 28.3 Å². The zero-order chi connectivity index (χ0) is 16.9. The van der Waals surface area contributed by atoms with Gasteiger partial charge in [-0.15, -0.1) is 0 Å². The minimum Gasteiger partial charge on any atom is -0.452 e. The summed E-state index contributed by atoms with van der Waals surface area (Å²) in [6.45, 7) is -0.337. The Hall–Kier alpha value is -2.15. The first-order valence-corrected chi connectivity index (χ1v) is 8.69. The lowest BCUT2D eigenvalue weighted by Gasteiger charge is -2.14. The average Bonchev–Trinajstić information content (AvgIpc) is 3.24. The highest BCUT2D eigenvalue weighted by atomic mass is 79.9. The monoisotopic (exact) mass is 391 g/mol. The molecule has 0 saturated heterocycles. The predicted octanol–water partition coefficient (Wildman–Crippen LogP) is 3.56. The fourth-order valence-electron chi connectivity index (χ4n) is 2.87. The van der Waals surface area contributed by atoms with Crippen molar-refractivity contribution in [3.63, 3.8) is 0 Å². The third-order valence-corrected chi connectivity index (χ3v) is 4.73. The van der Waals surface area contributed by atoms with E-state index in [1.807, 2.05) is 4.68 Å². The highest BCUT2D eigenvalue weighted by molar-refractivity contribution is 9.10. The van der Waals surface area contributed by atoms with Gasteiger partial charge in [-0.25, -0.2) is 9.48 Å². The largest absolute Gasteiger partial charge is 0.452 e. The van der Waals surface area contributed by atoms with Crippen LogP contribution in [0.3, 0.4) is 0 Å². The number of carbonyl (C=O) groups excluding carboxylic acids is 2. The molecule has 126 valence electrons. The molecular weight excluding hydrogens is 374 g/mol. The van der Waals surface area contributed by atoms with Gasteiger partial charge in [-0.05, 0) is 40.9 Å². The van der Waals surface area contributed by atoms with Crippen molar-refractivity contribution in [3.05, 3.63) is 46.6 Å². The first-order valence-electron chi connectivity index (χ1n) is 7.90. The summed E-state index contributed by atoms with van der Waals surface area (Å²) in [5, 5.41) is 7.06. The number of ether oxygens (including phenoxy) is 1. The molecule has 0 radical (unpaired) electrons. The Labute approximate surface area is 148 Å². The zero-order valence-electron chi connectivity index (χ0n) is 13.1. The number of carbonyl (C=O) groups is 2. The number of hydrogen-bond donors (Lipinski definition) is 1. The van der Waals surface area contributed by atoms with Crippen molar-refractivity contribution < 1.29 is 14.3 Å². The van der Waals surface area contributed by atoms with E-state index in [2.05, 4.69) is 26.3 Å². The molecule has 2 aromatic rings. The van der Waals surface area contributed by atoms with Crippen LogP contribution in [0, 0.1) is 0 Å². The van der Waals surface area contributed by atoms with Crippen LogP contribution in [0.25, 0.3) is 0 Å². The summed E-state index contributed by atoms with van der Waals surface area (Å²) in [6, 6.07) is 9.01. The Morgan fingerprint density at radius 2 is 2.00 bits per heavy atom. The van der Waals surface area contributed by atoms with Gasteiger partial charge in [-0.3, -0.25) is 4.79 Å². The Bertz CT molecular complexity index is 738. The molecule has 6 nitrogen and oxygen atoms in total. The maximum atomic E-state index is 12.1. The molecule has 0 spiro atoms. The van der Waals surface area contributed by atoms with Crippen LogP contribution in [0.2, 0.25) is 0 Å². The zero-order valence-corrected chi connectivity index (χ0v) is 14.7. The highest BCUT2D eigenvalue weighted by Gasteiger charge is 2.21.